The van der Waals surface area contributed by atoms with E-state index in [9.17, 15) is 0 Å². The molecule has 0 N–H and O–H groups in total. The maximum atomic E-state index is 5.39. The molecule has 3 rings (SSSR count). The first-order valence-electron chi connectivity index (χ1n) is 7.50. The number of rotatable bonds is 4. The molecule has 106 valence electrons. The van der Waals surface area contributed by atoms with E-state index < -0.39 is 0 Å². The molecule has 0 radical (unpaired) electrons. The van der Waals surface area contributed by atoms with Crippen LogP contribution in [0.4, 0.5) is 0 Å². The van der Waals surface area contributed by atoms with Gasteiger partial charge in [0.15, 0.2) is 0 Å². The molecule has 2 bridgehead atoms. The Kier molecular flexibility index (Phi) is 3.39. The molecule has 4 nitrogen and oxygen atoms in total. The molecular formula is C15H25N3O. The Morgan fingerprint density at radius 1 is 1.26 bits per heavy atom. The minimum atomic E-state index is 0.425. The fourth-order valence-electron chi connectivity index (χ4n) is 3.26. The standard InChI is InChI=1S/C15H25N3O/c1-10(2)15-5-12(16-19-15)7-18-13-6-14(18)9-17(8-13)11(3)4/h5,10-11,13-14H,6-9H2,1-4H3. The molecule has 2 fully saturated rings. The molecule has 1 aromatic rings. The first-order chi connectivity index (χ1) is 9.04. The number of likely N-dealkylation sites (tertiary alicyclic amines) is 2. The molecule has 0 amide bonds. The van der Waals surface area contributed by atoms with Gasteiger partial charge in [0.1, 0.15) is 5.76 Å². The summed E-state index contributed by atoms with van der Waals surface area (Å²) in [5.74, 6) is 1.43. The van der Waals surface area contributed by atoms with Crippen molar-refractivity contribution >= 4 is 0 Å². The van der Waals surface area contributed by atoms with Gasteiger partial charge in [0.2, 0.25) is 0 Å². The molecule has 3 heterocycles. The number of fused-ring (bicyclic) bond motifs is 2. The van der Waals surface area contributed by atoms with Gasteiger partial charge >= 0.3 is 0 Å². The van der Waals surface area contributed by atoms with Crippen molar-refractivity contribution in [2.45, 2.75) is 64.7 Å². The molecule has 2 aliphatic rings. The van der Waals surface area contributed by atoms with Crippen molar-refractivity contribution in [2.75, 3.05) is 13.1 Å². The van der Waals surface area contributed by atoms with Gasteiger partial charge in [-0.25, -0.2) is 0 Å². The summed E-state index contributed by atoms with van der Waals surface area (Å²) < 4.78 is 5.39. The van der Waals surface area contributed by atoms with Crippen molar-refractivity contribution in [2.24, 2.45) is 0 Å². The Hall–Kier alpha value is -0.870. The van der Waals surface area contributed by atoms with Gasteiger partial charge in [-0.05, 0) is 20.3 Å². The van der Waals surface area contributed by atoms with E-state index in [2.05, 4.69) is 48.7 Å². The molecule has 2 aliphatic heterocycles. The third kappa shape index (κ3) is 2.43. The highest BCUT2D eigenvalue weighted by Crippen LogP contribution is 2.34. The molecule has 19 heavy (non-hydrogen) atoms. The van der Waals surface area contributed by atoms with E-state index in [0.717, 1.165) is 30.1 Å². The van der Waals surface area contributed by atoms with Gasteiger partial charge in [-0.2, -0.15) is 0 Å². The van der Waals surface area contributed by atoms with Gasteiger partial charge < -0.3 is 4.52 Å². The van der Waals surface area contributed by atoms with Crippen LogP contribution in [-0.4, -0.2) is 46.2 Å². The van der Waals surface area contributed by atoms with Crippen LogP contribution in [0.15, 0.2) is 10.6 Å². The molecule has 0 saturated carbocycles. The second-order valence-corrected chi connectivity index (χ2v) is 6.64. The van der Waals surface area contributed by atoms with E-state index in [4.69, 9.17) is 4.52 Å². The minimum Gasteiger partial charge on any atom is -0.361 e. The van der Waals surface area contributed by atoms with Gasteiger partial charge in [0, 0.05) is 49.7 Å². The average molecular weight is 263 g/mol. The number of aromatic nitrogens is 1. The summed E-state index contributed by atoms with van der Waals surface area (Å²) in [5.41, 5.74) is 1.09. The lowest BCUT2D eigenvalue weighted by molar-refractivity contribution is -0.0844. The van der Waals surface area contributed by atoms with Crippen LogP contribution in [0.25, 0.3) is 0 Å². The first kappa shape index (κ1) is 13.1. The molecule has 4 heteroatoms. The lowest BCUT2D eigenvalue weighted by Gasteiger charge is -2.57. The second kappa shape index (κ2) is 4.91. The van der Waals surface area contributed by atoms with Crippen molar-refractivity contribution < 1.29 is 4.52 Å². The predicted molar refractivity (Wildman–Crippen MR) is 75.0 cm³/mol. The zero-order chi connectivity index (χ0) is 13.6. The van der Waals surface area contributed by atoms with Crippen LogP contribution in [0, 0.1) is 0 Å². The number of piperidine rings is 1. The second-order valence-electron chi connectivity index (χ2n) is 6.64. The molecule has 1 aromatic heterocycles. The lowest BCUT2D eigenvalue weighted by Crippen LogP contribution is -2.68. The van der Waals surface area contributed by atoms with Gasteiger partial charge in [-0.1, -0.05) is 19.0 Å². The van der Waals surface area contributed by atoms with Gasteiger partial charge in [0.05, 0.1) is 5.69 Å². The molecule has 2 saturated heterocycles. The third-order valence-electron chi connectivity index (χ3n) is 4.59. The van der Waals surface area contributed by atoms with Crippen LogP contribution in [0.3, 0.4) is 0 Å². The Balaban J connectivity index is 1.60. The van der Waals surface area contributed by atoms with Gasteiger partial charge in [-0.3, -0.25) is 9.80 Å². The average Bonchev–Trinajstić information content (AvgIpc) is 2.84. The summed E-state index contributed by atoms with van der Waals surface area (Å²) in [5, 5.41) is 4.21. The van der Waals surface area contributed by atoms with Crippen LogP contribution < -0.4 is 0 Å². The van der Waals surface area contributed by atoms with E-state index >= 15 is 0 Å². The summed E-state index contributed by atoms with van der Waals surface area (Å²) in [6.45, 7) is 12.2. The molecule has 0 aromatic carbocycles. The highest BCUT2D eigenvalue weighted by molar-refractivity contribution is 5.11. The number of hydrogen-bond acceptors (Lipinski definition) is 4. The van der Waals surface area contributed by atoms with E-state index in [-0.39, 0.29) is 0 Å². The maximum Gasteiger partial charge on any atom is 0.139 e. The Morgan fingerprint density at radius 2 is 1.95 bits per heavy atom. The van der Waals surface area contributed by atoms with E-state index in [0.29, 0.717) is 12.0 Å². The summed E-state index contributed by atoms with van der Waals surface area (Å²) >= 11 is 0. The highest BCUT2D eigenvalue weighted by atomic mass is 16.5. The normalized spacial score (nSPS) is 28.1. The zero-order valence-corrected chi connectivity index (χ0v) is 12.5. The number of piperazine rings is 1. The number of hydrogen-bond donors (Lipinski definition) is 0. The Bertz CT molecular complexity index is 428. The van der Waals surface area contributed by atoms with Crippen molar-refractivity contribution in [1.29, 1.82) is 0 Å². The van der Waals surface area contributed by atoms with Crippen molar-refractivity contribution in [3.05, 3.63) is 17.5 Å². The van der Waals surface area contributed by atoms with E-state index in [1.165, 1.54) is 19.5 Å². The molecule has 0 spiro atoms. The molecule has 0 aliphatic carbocycles. The third-order valence-corrected chi connectivity index (χ3v) is 4.59. The molecule has 2 unspecified atom stereocenters. The Morgan fingerprint density at radius 3 is 2.47 bits per heavy atom. The topological polar surface area (TPSA) is 32.5 Å². The largest absolute Gasteiger partial charge is 0.361 e. The van der Waals surface area contributed by atoms with Crippen LogP contribution in [0.5, 0.6) is 0 Å². The summed E-state index contributed by atoms with van der Waals surface area (Å²) in [7, 11) is 0. The summed E-state index contributed by atoms with van der Waals surface area (Å²) in [4.78, 5) is 5.19. The van der Waals surface area contributed by atoms with Crippen LogP contribution in [0.1, 0.15) is 51.5 Å². The van der Waals surface area contributed by atoms with Crippen LogP contribution in [-0.2, 0) is 6.54 Å². The molecule has 2 atom stereocenters. The fraction of sp³-hybridized carbons (Fsp3) is 0.800. The van der Waals surface area contributed by atoms with Gasteiger partial charge in [0.25, 0.3) is 0 Å². The fourth-order valence-corrected chi connectivity index (χ4v) is 3.26. The predicted octanol–water partition coefficient (Wildman–Crippen LogP) is 2.46. The van der Waals surface area contributed by atoms with Crippen LogP contribution >= 0.6 is 0 Å². The van der Waals surface area contributed by atoms with E-state index in [1.54, 1.807) is 0 Å². The zero-order valence-electron chi connectivity index (χ0n) is 12.5. The first-order valence-corrected chi connectivity index (χ1v) is 7.50. The monoisotopic (exact) mass is 263 g/mol. The Labute approximate surface area is 115 Å². The quantitative estimate of drug-likeness (QED) is 0.835. The highest BCUT2D eigenvalue weighted by Gasteiger charge is 2.44. The maximum absolute atomic E-state index is 5.39. The lowest BCUT2D eigenvalue weighted by atomic mass is 9.86. The minimum absolute atomic E-state index is 0.425. The van der Waals surface area contributed by atoms with E-state index in [1.807, 2.05) is 0 Å². The van der Waals surface area contributed by atoms with Crippen molar-refractivity contribution in [1.82, 2.24) is 15.0 Å². The SMILES string of the molecule is CC(C)c1cc(CN2C3CC2CN(C(C)C)C3)no1. The van der Waals surface area contributed by atoms with Crippen LogP contribution in [0.2, 0.25) is 0 Å². The molecular weight excluding hydrogens is 238 g/mol. The number of nitrogens with zero attached hydrogens (tertiary/aromatic N) is 3. The summed E-state index contributed by atoms with van der Waals surface area (Å²) in [6, 6.07) is 4.24. The smallest absolute Gasteiger partial charge is 0.139 e. The summed E-state index contributed by atoms with van der Waals surface area (Å²) in [6.07, 6.45) is 1.36. The van der Waals surface area contributed by atoms with Crippen molar-refractivity contribution in [3.8, 4) is 0 Å². The van der Waals surface area contributed by atoms with Gasteiger partial charge in [-0.15, -0.1) is 0 Å². The van der Waals surface area contributed by atoms with Crippen molar-refractivity contribution in [3.63, 3.8) is 0 Å².